The molecule has 0 aromatic rings. The molecule has 0 aromatic carbocycles. The van der Waals surface area contributed by atoms with E-state index in [2.05, 4.69) is 0 Å². The number of nitrogens with zero attached hydrogens (tertiary/aromatic N) is 2. The average molecular weight is 331 g/mol. The maximum atomic E-state index is 13.4. The zero-order valence-corrected chi connectivity index (χ0v) is 12.9. The van der Waals surface area contributed by atoms with Gasteiger partial charge in [-0.05, 0) is 0 Å². The van der Waals surface area contributed by atoms with E-state index in [-0.39, 0.29) is 0 Å². The fourth-order valence-corrected chi connectivity index (χ4v) is 6.22. The number of aldehydes is 1. The number of ether oxygens (including phenoxy) is 2. The SMILES string of the molecule is O=CC(Cl)(Cl)P(=O)(N1CCOCC1)N1CCOCC1. The first-order valence-electron chi connectivity index (χ1n) is 6.13. The van der Waals surface area contributed by atoms with Crippen LogP contribution in [0.4, 0.5) is 0 Å². The molecule has 0 bridgehead atoms. The summed E-state index contributed by atoms with van der Waals surface area (Å²) >= 11 is 12.1. The third-order valence-electron chi connectivity index (χ3n) is 3.27. The Morgan fingerprint density at radius 3 is 1.63 bits per heavy atom. The summed E-state index contributed by atoms with van der Waals surface area (Å²) in [6.45, 7) is 3.61. The smallest absolute Gasteiger partial charge is 0.259 e. The minimum Gasteiger partial charge on any atom is -0.379 e. The van der Waals surface area contributed by atoms with Crippen molar-refractivity contribution >= 4 is 36.9 Å². The van der Waals surface area contributed by atoms with E-state index in [0.29, 0.717) is 58.9 Å². The second-order valence-corrected chi connectivity index (χ2v) is 9.22. The third-order valence-corrected chi connectivity index (χ3v) is 7.99. The third kappa shape index (κ3) is 3.00. The molecule has 2 rings (SSSR count). The molecule has 2 aliphatic rings. The van der Waals surface area contributed by atoms with E-state index in [0.717, 1.165) is 0 Å². The van der Waals surface area contributed by atoms with Gasteiger partial charge in [0.1, 0.15) is 0 Å². The van der Waals surface area contributed by atoms with Crippen molar-refractivity contribution in [2.24, 2.45) is 0 Å². The number of morpholine rings is 2. The molecule has 0 aliphatic carbocycles. The lowest BCUT2D eigenvalue weighted by Gasteiger charge is -2.45. The van der Waals surface area contributed by atoms with E-state index in [1.54, 1.807) is 9.34 Å². The summed E-state index contributed by atoms with van der Waals surface area (Å²) < 4.78 is 25.4. The quantitative estimate of drug-likeness (QED) is 0.438. The Morgan fingerprint density at radius 2 is 1.32 bits per heavy atom. The van der Waals surface area contributed by atoms with Crippen LogP contribution in [0.2, 0.25) is 0 Å². The van der Waals surface area contributed by atoms with Gasteiger partial charge in [0.15, 0.2) is 6.29 Å². The summed E-state index contributed by atoms with van der Waals surface area (Å²) in [5.74, 6) is 0. The second-order valence-electron chi connectivity index (χ2n) is 4.38. The van der Waals surface area contributed by atoms with Gasteiger partial charge < -0.3 is 9.47 Å². The van der Waals surface area contributed by atoms with E-state index in [4.69, 9.17) is 32.7 Å². The van der Waals surface area contributed by atoms with Crippen LogP contribution in [0.5, 0.6) is 0 Å². The molecule has 110 valence electrons. The molecule has 0 atom stereocenters. The molecule has 0 N–H and O–H groups in total. The van der Waals surface area contributed by atoms with Gasteiger partial charge in [-0.3, -0.25) is 9.36 Å². The molecule has 6 nitrogen and oxygen atoms in total. The molecule has 2 heterocycles. The van der Waals surface area contributed by atoms with Crippen LogP contribution in [0.1, 0.15) is 0 Å². The van der Waals surface area contributed by atoms with Crippen molar-refractivity contribution in [2.45, 2.75) is 4.07 Å². The summed E-state index contributed by atoms with van der Waals surface area (Å²) in [6.07, 6.45) is 0.363. The lowest BCUT2D eigenvalue weighted by molar-refractivity contribution is -0.107. The van der Waals surface area contributed by atoms with Gasteiger partial charge in [-0.1, -0.05) is 23.2 Å². The van der Waals surface area contributed by atoms with E-state index >= 15 is 0 Å². The first-order valence-corrected chi connectivity index (χ1v) is 8.50. The number of rotatable bonds is 4. The minimum absolute atomic E-state index is 0.363. The van der Waals surface area contributed by atoms with Crippen LogP contribution < -0.4 is 0 Å². The van der Waals surface area contributed by atoms with Crippen molar-refractivity contribution in [2.75, 3.05) is 52.6 Å². The van der Waals surface area contributed by atoms with E-state index in [1.807, 2.05) is 0 Å². The Morgan fingerprint density at radius 1 is 0.947 bits per heavy atom. The largest absolute Gasteiger partial charge is 0.379 e. The highest BCUT2D eigenvalue weighted by Crippen LogP contribution is 2.66. The number of alkyl halides is 2. The molecule has 0 radical (unpaired) electrons. The Kier molecular flexibility index (Phi) is 5.28. The molecular formula is C10H17Cl2N2O4P. The Bertz CT molecular complexity index is 349. The Hall–Kier alpha value is 0.320. The average Bonchev–Trinajstić information content (AvgIpc) is 2.48. The lowest BCUT2D eigenvalue weighted by atomic mass is 10.5. The normalized spacial score (nSPS) is 24.3. The highest BCUT2D eigenvalue weighted by molar-refractivity contribution is 7.66. The number of carbonyl (C=O) groups is 1. The topological polar surface area (TPSA) is 59.1 Å². The Labute approximate surface area is 122 Å². The molecule has 2 fully saturated rings. The molecule has 0 unspecified atom stereocenters. The number of hydrogen-bond acceptors (Lipinski definition) is 4. The van der Waals surface area contributed by atoms with E-state index in [1.165, 1.54) is 0 Å². The van der Waals surface area contributed by atoms with Gasteiger partial charge in [0, 0.05) is 26.2 Å². The maximum Gasteiger partial charge on any atom is 0.259 e. The first-order chi connectivity index (χ1) is 9.02. The first kappa shape index (κ1) is 15.7. The fourth-order valence-electron chi connectivity index (χ4n) is 2.27. The summed E-state index contributed by atoms with van der Waals surface area (Å²) in [5.41, 5.74) is 0. The van der Waals surface area contributed by atoms with E-state index < -0.39 is 11.5 Å². The molecule has 0 amide bonds. The van der Waals surface area contributed by atoms with Gasteiger partial charge >= 0.3 is 0 Å². The van der Waals surface area contributed by atoms with Crippen molar-refractivity contribution in [3.05, 3.63) is 0 Å². The zero-order chi connectivity index (χ0) is 13.9. The minimum atomic E-state index is -3.40. The molecule has 19 heavy (non-hydrogen) atoms. The summed E-state index contributed by atoms with van der Waals surface area (Å²) in [6, 6.07) is 0. The predicted molar refractivity (Wildman–Crippen MR) is 72.9 cm³/mol. The second kappa shape index (κ2) is 6.39. The van der Waals surface area contributed by atoms with Gasteiger partial charge in [-0.25, -0.2) is 9.34 Å². The summed E-state index contributed by atoms with van der Waals surface area (Å²) in [5, 5.41) is 0. The molecule has 0 aromatic heterocycles. The summed E-state index contributed by atoms with van der Waals surface area (Å²) in [7, 11) is -3.40. The van der Waals surface area contributed by atoms with Crippen LogP contribution in [0.3, 0.4) is 0 Å². The van der Waals surface area contributed by atoms with Crippen LogP contribution in [-0.2, 0) is 18.8 Å². The standard InChI is InChI=1S/C10H17Cl2N2O4P/c11-10(12,9-15)19(16,13-1-5-17-6-2-13)14-3-7-18-8-4-14/h9H,1-8H2. The van der Waals surface area contributed by atoms with Gasteiger partial charge in [-0.2, -0.15) is 0 Å². The Balaban J connectivity index is 2.30. The van der Waals surface area contributed by atoms with Crippen LogP contribution in [0, 0.1) is 0 Å². The maximum absolute atomic E-state index is 13.4. The lowest BCUT2D eigenvalue weighted by Crippen LogP contribution is -2.47. The molecule has 9 heteroatoms. The molecule has 0 spiro atoms. The number of carbonyl (C=O) groups excluding carboxylic acids is 1. The molecule has 2 aliphatic heterocycles. The molecular weight excluding hydrogens is 314 g/mol. The number of hydrogen-bond donors (Lipinski definition) is 0. The van der Waals surface area contributed by atoms with Crippen LogP contribution in [0.25, 0.3) is 0 Å². The van der Waals surface area contributed by atoms with Gasteiger partial charge in [0.2, 0.25) is 0 Å². The van der Waals surface area contributed by atoms with Crippen LogP contribution in [0.15, 0.2) is 0 Å². The summed E-state index contributed by atoms with van der Waals surface area (Å²) in [4.78, 5) is 11.2. The van der Waals surface area contributed by atoms with Crippen molar-refractivity contribution in [3.63, 3.8) is 0 Å². The highest BCUT2D eigenvalue weighted by Gasteiger charge is 2.54. The molecule has 0 saturated carbocycles. The van der Waals surface area contributed by atoms with Crippen molar-refractivity contribution in [1.29, 1.82) is 0 Å². The van der Waals surface area contributed by atoms with E-state index in [9.17, 15) is 9.36 Å². The van der Waals surface area contributed by atoms with Crippen LogP contribution in [-0.4, -0.2) is 72.3 Å². The predicted octanol–water partition coefficient (Wildman–Crippen LogP) is 1.17. The number of halogens is 2. The highest BCUT2D eigenvalue weighted by atomic mass is 35.5. The monoisotopic (exact) mass is 330 g/mol. The van der Waals surface area contributed by atoms with Crippen molar-refractivity contribution in [3.8, 4) is 0 Å². The molecule has 2 saturated heterocycles. The van der Waals surface area contributed by atoms with Gasteiger partial charge in [-0.15, -0.1) is 0 Å². The van der Waals surface area contributed by atoms with Gasteiger partial charge in [0.25, 0.3) is 11.5 Å². The van der Waals surface area contributed by atoms with Crippen molar-refractivity contribution < 1.29 is 18.8 Å². The van der Waals surface area contributed by atoms with Crippen molar-refractivity contribution in [1.82, 2.24) is 9.34 Å². The fraction of sp³-hybridized carbons (Fsp3) is 0.900. The van der Waals surface area contributed by atoms with Gasteiger partial charge in [0.05, 0.1) is 26.4 Å². The van der Waals surface area contributed by atoms with Crippen LogP contribution >= 0.6 is 30.6 Å². The zero-order valence-electron chi connectivity index (χ0n) is 10.5.